The van der Waals surface area contributed by atoms with Gasteiger partial charge in [-0.3, -0.25) is 9.59 Å². The van der Waals surface area contributed by atoms with Gasteiger partial charge in [-0.25, -0.2) is 0 Å². The summed E-state index contributed by atoms with van der Waals surface area (Å²) in [7, 11) is 0. The van der Waals surface area contributed by atoms with Crippen molar-refractivity contribution in [1.82, 2.24) is 10.3 Å². The van der Waals surface area contributed by atoms with Gasteiger partial charge in [0.2, 0.25) is 5.56 Å². The summed E-state index contributed by atoms with van der Waals surface area (Å²) in [5, 5.41) is 2.95. The fourth-order valence-corrected chi connectivity index (χ4v) is 2.75. The van der Waals surface area contributed by atoms with Gasteiger partial charge in [0, 0.05) is 30.8 Å². The molecule has 1 aliphatic rings. The molecule has 5 heteroatoms. The first kappa shape index (κ1) is 14.8. The van der Waals surface area contributed by atoms with Crippen LogP contribution in [0.1, 0.15) is 36.3 Å². The molecule has 0 unspecified atom stereocenters. The van der Waals surface area contributed by atoms with Crippen LogP contribution < -0.4 is 10.9 Å². The molecule has 1 aromatic heterocycles. The Hall–Kier alpha value is -1.62. The lowest BCUT2D eigenvalue weighted by atomic mass is 9.93. The SMILES string of the molecule is Cc1[nH]c(=O)ccc1C(=O)NC[C@H]1CCO[C@@H]1C(C)C. The number of rotatable bonds is 4. The quantitative estimate of drug-likeness (QED) is 0.876. The number of pyridine rings is 1. The van der Waals surface area contributed by atoms with Crippen molar-refractivity contribution in [3.8, 4) is 0 Å². The number of ether oxygens (including phenoxy) is 1. The molecule has 0 saturated carbocycles. The Morgan fingerprint density at radius 2 is 2.25 bits per heavy atom. The van der Waals surface area contributed by atoms with E-state index in [0.29, 0.717) is 29.6 Å². The van der Waals surface area contributed by atoms with Crippen molar-refractivity contribution in [3.63, 3.8) is 0 Å². The number of aryl methyl sites for hydroxylation is 1. The topological polar surface area (TPSA) is 71.2 Å². The van der Waals surface area contributed by atoms with E-state index in [0.717, 1.165) is 13.0 Å². The lowest BCUT2D eigenvalue weighted by Gasteiger charge is -2.22. The fourth-order valence-electron chi connectivity index (χ4n) is 2.75. The molecular weight excluding hydrogens is 256 g/mol. The number of hydrogen-bond acceptors (Lipinski definition) is 3. The third-order valence-electron chi connectivity index (χ3n) is 3.81. The second-order valence-electron chi connectivity index (χ2n) is 5.70. The van der Waals surface area contributed by atoms with Crippen molar-refractivity contribution >= 4 is 5.91 Å². The second kappa shape index (κ2) is 6.22. The fraction of sp³-hybridized carbons (Fsp3) is 0.600. The van der Waals surface area contributed by atoms with Crippen molar-refractivity contribution in [1.29, 1.82) is 0 Å². The van der Waals surface area contributed by atoms with E-state index in [2.05, 4.69) is 24.1 Å². The first-order valence-electron chi connectivity index (χ1n) is 7.08. The van der Waals surface area contributed by atoms with Crippen LogP contribution in [0.2, 0.25) is 0 Å². The smallest absolute Gasteiger partial charge is 0.253 e. The Kier molecular flexibility index (Phi) is 4.60. The first-order valence-corrected chi connectivity index (χ1v) is 7.08. The number of aromatic amines is 1. The first-order chi connectivity index (χ1) is 9.49. The van der Waals surface area contributed by atoms with Crippen molar-refractivity contribution < 1.29 is 9.53 Å². The Balaban J connectivity index is 1.97. The highest BCUT2D eigenvalue weighted by Crippen LogP contribution is 2.26. The van der Waals surface area contributed by atoms with Crippen LogP contribution in [-0.2, 0) is 4.74 Å². The molecule has 0 spiro atoms. The Labute approximate surface area is 118 Å². The average molecular weight is 278 g/mol. The number of H-pyrrole nitrogens is 1. The normalized spacial score (nSPS) is 22.2. The van der Waals surface area contributed by atoms with Crippen LogP contribution in [0.3, 0.4) is 0 Å². The van der Waals surface area contributed by atoms with E-state index >= 15 is 0 Å². The number of aromatic nitrogens is 1. The molecule has 1 fully saturated rings. The van der Waals surface area contributed by atoms with Crippen molar-refractivity contribution in [2.45, 2.75) is 33.3 Å². The standard InChI is InChI=1S/C15H22N2O3/c1-9(2)14-11(6-7-20-14)8-16-15(19)12-4-5-13(18)17-10(12)3/h4-5,9,11,14H,6-8H2,1-3H3,(H,16,19)(H,17,18)/t11-,14-/m1/s1. The van der Waals surface area contributed by atoms with Gasteiger partial charge in [0.05, 0.1) is 11.7 Å². The van der Waals surface area contributed by atoms with Crippen LogP contribution in [0.15, 0.2) is 16.9 Å². The monoisotopic (exact) mass is 278 g/mol. The summed E-state index contributed by atoms with van der Waals surface area (Å²) in [5.41, 5.74) is 0.922. The molecule has 1 amide bonds. The van der Waals surface area contributed by atoms with Crippen LogP contribution in [0.25, 0.3) is 0 Å². The molecule has 20 heavy (non-hydrogen) atoms. The van der Waals surface area contributed by atoms with Gasteiger partial charge >= 0.3 is 0 Å². The van der Waals surface area contributed by atoms with E-state index in [9.17, 15) is 9.59 Å². The van der Waals surface area contributed by atoms with Gasteiger partial charge in [-0.15, -0.1) is 0 Å². The van der Waals surface area contributed by atoms with Crippen molar-refractivity contribution in [2.75, 3.05) is 13.2 Å². The van der Waals surface area contributed by atoms with Gasteiger partial charge in [0.15, 0.2) is 0 Å². The molecule has 0 bridgehead atoms. The number of nitrogens with one attached hydrogen (secondary N) is 2. The third-order valence-corrected chi connectivity index (χ3v) is 3.81. The Bertz CT molecular complexity index is 536. The van der Waals surface area contributed by atoms with Crippen LogP contribution in [0.5, 0.6) is 0 Å². The van der Waals surface area contributed by atoms with Crippen LogP contribution in [0.4, 0.5) is 0 Å². The molecule has 1 saturated heterocycles. The van der Waals surface area contributed by atoms with Crippen molar-refractivity contribution in [2.24, 2.45) is 11.8 Å². The highest BCUT2D eigenvalue weighted by atomic mass is 16.5. The summed E-state index contributed by atoms with van der Waals surface area (Å²) in [6, 6.07) is 2.94. The zero-order valence-corrected chi connectivity index (χ0v) is 12.2. The van der Waals surface area contributed by atoms with Gasteiger partial charge in [-0.1, -0.05) is 13.8 Å². The van der Waals surface area contributed by atoms with Crippen LogP contribution in [-0.4, -0.2) is 30.1 Å². The van der Waals surface area contributed by atoms with E-state index in [4.69, 9.17) is 4.74 Å². The molecule has 0 aliphatic carbocycles. The van der Waals surface area contributed by atoms with Crippen LogP contribution >= 0.6 is 0 Å². The van der Waals surface area contributed by atoms with E-state index in [1.807, 2.05) is 0 Å². The molecule has 2 rings (SSSR count). The summed E-state index contributed by atoms with van der Waals surface area (Å²) in [5.74, 6) is 0.671. The summed E-state index contributed by atoms with van der Waals surface area (Å²) >= 11 is 0. The molecule has 0 aromatic carbocycles. The molecule has 0 radical (unpaired) electrons. The minimum atomic E-state index is -0.192. The minimum absolute atomic E-state index is 0.145. The summed E-state index contributed by atoms with van der Waals surface area (Å²) in [6.45, 7) is 7.38. The molecule has 1 aliphatic heterocycles. The maximum Gasteiger partial charge on any atom is 0.253 e. The van der Waals surface area contributed by atoms with E-state index in [1.54, 1.807) is 13.0 Å². The molecule has 110 valence electrons. The third kappa shape index (κ3) is 3.28. The van der Waals surface area contributed by atoms with Gasteiger partial charge in [-0.05, 0) is 25.3 Å². The van der Waals surface area contributed by atoms with Gasteiger partial charge in [0.1, 0.15) is 0 Å². The zero-order chi connectivity index (χ0) is 14.7. The minimum Gasteiger partial charge on any atom is -0.378 e. The maximum atomic E-state index is 12.1. The van der Waals surface area contributed by atoms with E-state index < -0.39 is 0 Å². The molecular formula is C15H22N2O3. The Morgan fingerprint density at radius 3 is 2.90 bits per heavy atom. The number of hydrogen-bond donors (Lipinski definition) is 2. The largest absolute Gasteiger partial charge is 0.378 e. The predicted molar refractivity (Wildman–Crippen MR) is 76.8 cm³/mol. The lowest BCUT2D eigenvalue weighted by molar-refractivity contribution is 0.0533. The highest BCUT2D eigenvalue weighted by Gasteiger charge is 2.30. The summed E-state index contributed by atoms with van der Waals surface area (Å²) < 4.78 is 5.71. The van der Waals surface area contributed by atoms with Gasteiger partial charge in [0.25, 0.3) is 5.91 Å². The number of carbonyl (C=O) groups excluding carboxylic acids is 1. The predicted octanol–water partition coefficient (Wildman–Crippen LogP) is 1.47. The summed E-state index contributed by atoms with van der Waals surface area (Å²) in [4.78, 5) is 25.9. The zero-order valence-electron chi connectivity index (χ0n) is 12.2. The highest BCUT2D eigenvalue weighted by molar-refractivity contribution is 5.95. The maximum absolute atomic E-state index is 12.1. The molecule has 2 N–H and O–H groups in total. The number of carbonyl (C=O) groups is 1. The van der Waals surface area contributed by atoms with E-state index in [1.165, 1.54) is 6.07 Å². The number of amides is 1. The van der Waals surface area contributed by atoms with Crippen LogP contribution in [0, 0.1) is 18.8 Å². The molecule has 5 nitrogen and oxygen atoms in total. The molecule has 2 atom stereocenters. The molecule has 2 heterocycles. The lowest BCUT2D eigenvalue weighted by Crippen LogP contribution is -2.35. The van der Waals surface area contributed by atoms with Crippen molar-refractivity contribution in [3.05, 3.63) is 33.7 Å². The van der Waals surface area contributed by atoms with Gasteiger partial charge < -0.3 is 15.0 Å². The van der Waals surface area contributed by atoms with E-state index in [-0.39, 0.29) is 17.6 Å². The van der Waals surface area contributed by atoms with Gasteiger partial charge in [-0.2, -0.15) is 0 Å². The second-order valence-corrected chi connectivity index (χ2v) is 5.70. The average Bonchev–Trinajstić information content (AvgIpc) is 2.84. The summed E-state index contributed by atoms with van der Waals surface area (Å²) in [6.07, 6.45) is 1.19. The molecule has 1 aromatic rings. The Morgan fingerprint density at radius 1 is 1.50 bits per heavy atom.